The second-order valence-corrected chi connectivity index (χ2v) is 6.30. The molecule has 0 bridgehead atoms. The fraction of sp³-hybridized carbons (Fsp3) is 0.400. The van der Waals surface area contributed by atoms with E-state index in [1.54, 1.807) is 7.11 Å². The van der Waals surface area contributed by atoms with E-state index in [0.29, 0.717) is 12.2 Å². The first-order valence-corrected chi connectivity index (χ1v) is 8.59. The van der Waals surface area contributed by atoms with Crippen LogP contribution in [0.1, 0.15) is 31.2 Å². The summed E-state index contributed by atoms with van der Waals surface area (Å²) in [6.45, 7) is 4.91. The first-order valence-electron chi connectivity index (χ1n) is 8.59. The number of benzene rings is 1. The van der Waals surface area contributed by atoms with Crippen molar-refractivity contribution in [2.24, 2.45) is 0 Å². The van der Waals surface area contributed by atoms with Crippen LogP contribution in [0.2, 0.25) is 0 Å². The zero-order valence-electron chi connectivity index (χ0n) is 15.6. The van der Waals surface area contributed by atoms with E-state index in [1.165, 1.54) is 7.11 Å². The molecule has 138 valence electrons. The zero-order valence-corrected chi connectivity index (χ0v) is 15.6. The molecule has 0 atom stereocenters. The number of ether oxygens (including phenoxy) is 4. The van der Waals surface area contributed by atoms with Crippen LogP contribution in [-0.4, -0.2) is 27.0 Å². The Morgan fingerprint density at radius 3 is 2.73 bits per heavy atom. The number of pyridine rings is 1. The molecule has 0 spiro atoms. The third-order valence-electron chi connectivity index (χ3n) is 4.39. The lowest BCUT2D eigenvalue weighted by atomic mass is 10.0. The van der Waals surface area contributed by atoms with Gasteiger partial charge < -0.3 is 18.9 Å². The second kappa shape index (κ2) is 7.74. The molecule has 0 fully saturated rings. The fourth-order valence-corrected chi connectivity index (χ4v) is 3.24. The SMILES string of the molecule is COCOc1cc2c3c([n+](CCCC(=O)OC)c(C)cc3c1)C=C(C)O2. The minimum absolute atomic E-state index is 0.186. The Kier molecular flexibility index (Phi) is 5.42. The molecule has 26 heavy (non-hydrogen) atoms. The van der Waals surface area contributed by atoms with Gasteiger partial charge in [-0.3, -0.25) is 4.79 Å². The molecule has 2 heterocycles. The number of carbonyl (C=O) groups is 1. The Hall–Kier alpha value is -2.60. The van der Waals surface area contributed by atoms with Gasteiger partial charge in [0.1, 0.15) is 23.8 Å². The van der Waals surface area contributed by atoms with Crippen molar-refractivity contribution >= 4 is 22.8 Å². The number of hydrogen-bond acceptors (Lipinski definition) is 5. The average Bonchev–Trinajstić information content (AvgIpc) is 2.61. The predicted molar refractivity (Wildman–Crippen MR) is 96.9 cm³/mol. The van der Waals surface area contributed by atoms with Crippen molar-refractivity contribution in [3.8, 4) is 11.5 Å². The van der Waals surface area contributed by atoms with Crippen LogP contribution >= 0.6 is 0 Å². The number of allylic oxidation sites excluding steroid dienone is 1. The summed E-state index contributed by atoms with van der Waals surface area (Å²) in [5.74, 6) is 2.10. The van der Waals surface area contributed by atoms with Crippen LogP contribution in [0.5, 0.6) is 11.5 Å². The van der Waals surface area contributed by atoms with E-state index in [-0.39, 0.29) is 12.8 Å². The number of aryl methyl sites for hydroxylation is 1. The Bertz CT molecular complexity index is 872. The standard InChI is InChI=1S/C20H24NO5/c1-13-8-15-10-16(25-12-23-3)11-18-20(15)17(9-14(2)26-18)21(13)7-5-6-19(22)24-4/h8-11H,5-7,12H2,1-4H3/q+1. The quantitative estimate of drug-likeness (QED) is 0.432. The van der Waals surface area contributed by atoms with E-state index in [4.69, 9.17) is 18.9 Å². The van der Waals surface area contributed by atoms with Crippen molar-refractivity contribution in [1.82, 2.24) is 0 Å². The molecular weight excluding hydrogens is 334 g/mol. The summed E-state index contributed by atoms with van der Waals surface area (Å²) in [5.41, 5.74) is 2.19. The van der Waals surface area contributed by atoms with Crippen molar-refractivity contribution in [2.75, 3.05) is 21.0 Å². The normalized spacial score (nSPS) is 12.5. The first-order chi connectivity index (χ1) is 12.5. The van der Waals surface area contributed by atoms with E-state index in [2.05, 4.69) is 17.6 Å². The summed E-state index contributed by atoms with van der Waals surface area (Å²) < 4.78 is 23.5. The van der Waals surface area contributed by atoms with Crippen LogP contribution in [-0.2, 0) is 20.8 Å². The number of esters is 1. The lowest BCUT2D eigenvalue weighted by molar-refractivity contribution is -0.703. The van der Waals surface area contributed by atoms with E-state index in [1.807, 2.05) is 25.1 Å². The predicted octanol–water partition coefficient (Wildman–Crippen LogP) is 3.12. The van der Waals surface area contributed by atoms with Gasteiger partial charge in [-0.15, -0.1) is 0 Å². The minimum Gasteiger partial charge on any atom is -0.469 e. The molecule has 1 aliphatic rings. The van der Waals surface area contributed by atoms with Gasteiger partial charge >= 0.3 is 5.97 Å². The smallest absolute Gasteiger partial charge is 0.305 e. The summed E-state index contributed by atoms with van der Waals surface area (Å²) >= 11 is 0. The van der Waals surface area contributed by atoms with E-state index in [0.717, 1.165) is 46.6 Å². The summed E-state index contributed by atoms with van der Waals surface area (Å²) in [5, 5.41) is 2.10. The van der Waals surface area contributed by atoms with Crippen LogP contribution < -0.4 is 14.0 Å². The molecule has 1 aliphatic heterocycles. The number of aromatic nitrogens is 1. The van der Waals surface area contributed by atoms with Crippen LogP contribution in [0.25, 0.3) is 16.8 Å². The topological polar surface area (TPSA) is 57.9 Å². The van der Waals surface area contributed by atoms with Crippen molar-refractivity contribution in [1.29, 1.82) is 0 Å². The molecule has 6 nitrogen and oxygen atoms in total. The van der Waals surface area contributed by atoms with Gasteiger partial charge in [0.15, 0.2) is 12.5 Å². The summed E-state index contributed by atoms with van der Waals surface area (Å²) in [4.78, 5) is 11.4. The lowest BCUT2D eigenvalue weighted by Crippen LogP contribution is -2.41. The summed E-state index contributed by atoms with van der Waals surface area (Å²) in [6, 6.07) is 5.98. The highest BCUT2D eigenvalue weighted by Crippen LogP contribution is 2.37. The maximum absolute atomic E-state index is 11.4. The van der Waals surface area contributed by atoms with E-state index >= 15 is 0 Å². The third-order valence-corrected chi connectivity index (χ3v) is 4.39. The van der Waals surface area contributed by atoms with Crippen LogP contribution in [0.3, 0.4) is 0 Å². The molecule has 1 aromatic carbocycles. The molecule has 0 aliphatic carbocycles. The first kappa shape index (κ1) is 18.2. The van der Waals surface area contributed by atoms with E-state index < -0.39 is 0 Å². The number of carbonyl (C=O) groups excluding carboxylic acids is 1. The van der Waals surface area contributed by atoms with Crippen molar-refractivity contribution in [2.45, 2.75) is 33.2 Å². The highest BCUT2D eigenvalue weighted by Gasteiger charge is 2.25. The largest absolute Gasteiger partial charge is 0.469 e. The van der Waals surface area contributed by atoms with E-state index in [9.17, 15) is 4.79 Å². The highest BCUT2D eigenvalue weighted by molar-refractivity contribution is 5.96. The molecule has 0 amide bonds. The molecule has 0 unspecified atom stereocenters. The van der Waals surface area contributed by atoms with Gasteiger partial charge in [-0.1, -0.05) is 0 Å². The third kappa shape index (κ3) is 3.65. The van der Waals surface area contributed by atoms with Crippen molar-refractivity contribution in [3.05, 3.63) is 35.3 Å². The van der Waals surface area contributed by atoms with Gasteiger partial charge in [-0.05, 0) is 13.0 Å². The van der Waals surface area contributed by atoms with Crippen LogP contribution in [0, 0.1) is 6.92 Å². The Morgan fingerprint density at radius 2 is 2.00 bits per heavy atom. The second-order valence-electron chi connectivity index (χ2n) is 6.30. The van der Waals surface area contributed by atoms with Crippen molar-refractivity contribution < 1.29 is 28.3 Å². The molecule has 2 aromatic rings. The molecule has 0 radical (unpaired) electrons. The molecule has 6 heteroatoms. The zero-order chi connectivity index (χ0) is 18.7. The summed E-state index contributed by atoms with van der Waals surface area (Å²) in [7, 11) is 3.01. The molecule has 0 saturated heterocycles. The molecule has 0 N–H and O–H groups in total. The van der Waals surface area contributed by atoms with Gasteiger partial charge in [0, 0.05) is 44.0 Å². The van der Waals surface area contributed by atoms with Gasteiger partial charge in [0.25, 0.3) is 0 Å². The van der Waals surface area contributed by atoms with Crippen LogP contribution in [0.4, 0.5) is 0 Å². The van der Waals surface area contributed by atoms with Crippen LogP contribution in [0.15, 0.2) is 24.0 Å². The summed E-state index contributed by atoms with van der Waals surface area (Å²) in [6.07, 6.45) is 3.15. The molecular formula is C20H24NO5+. The molecule has 3 rings (SSSR count). The Morgan fingerprint density at radius 1 is 1.19 bits per heavy atom. The Balaban J connectivity index is 2.03. The Labute approximate surface area is 152 Å². The number of nitrogens with zero attached hydrogens (tertiary/aromatic N) is 1. The van der Waals surface area contributed by atoms with Gasteiger partial charge in [-0.25, -0.2) is 0 Å². The molecule has 0 saturated carbocycles. The van der Waals surface area contributed by atoms with Gasteiger partial charge in [0.2, 0.25) is 5.69 Å². The van der Waals surface area contributed by atoms with Gasteiger partial charge in [-0.2, -0.15) is 4.57 Å². The fourth-order valence-electron chi connectivity index (χ4n) is 3.24. The monoisotopic (exact) mass is 358 g/mol. The maximum atomic E-state index is 11.4. The average molecular weight is 358 g/mol. The van der Waals surface area contributed by atoms with Gasteiger partial charge in [0.05, 0.1) is 18.9 Å². The minimum atomic E-state index is -0.187. The number of methoxy groups -OCH3 is 2. The lowest BCUT2D eigenvalue weighted by Gasteiger charge is -2.18. The highest BCUT2D eigenvalue weighted by atomic mass is 16.7. The molecule has 1 aromatic heterocycles. The van der Waals surface area contributed by atoms with Crippen molar-refractivity contribution in [3.63, 3.8) is 0 Å². The number of rotatable bonds is 7. The maximum Gasteiger partial charge on any atom is 0.305 e. The number of hydrogen-bond donors (Lipinski definition) is 0.